The summed E-state index contributed by atoms with van der Waals surface area (Å²) in [7, 11) is 0. The second-order valence-electron chi connectivity index (χ2n) is 4.04. The van der Waals surface area contributed by atoms with Gasteiger partial charge in [0.2, 0.25) is 0 Å². The molecule has 1 unspecified atom stereocenters. The number of hydrogen-bond donors (Lipinski definition) is 0. The standard InChI is InChI=1S/C13H26O3/c1-3-5-6-7-8-9-13(16-12-14)10-11-15-4-2/h12-13H,3-11H2,1-2H3. The van der Waals surface area contributed by atoms with Gasteiger partial charge in [-0.05, 0) is 19.8 Å². The molecule has 1 atom stereocenters. The minimum Gasteiger partial charge on any atom is -0.464 e. The van der Waals surface area contributed by atoms with Gasteiger partial charge in [0.15, 0.2) is 0 Å². The van der Waals surface area contributed by atoms with Crippen molar-refractivity contribution in [2.24, 2.45) is 0 Å². The number of carbonyl (C=O) groups is 1. The summed E-state index contributed by atoms with van der Waals surface area (Å²) in [6.07, 6.45) is 8.07. The van der Waals surface area contributed by atoms with Crippen LogP contribution in [-0.2, 0) is 14.3 Å². The quantitative estimate of drug-likeness (QED) is 0.381. The van der Waals surface area contributed by atoms with Gasteiger partial charge in [-0.1, -0.05) is 32.6 Å². The molecule has 0 aromatic rings. The van der Waals surface area contributed by atoms with Crippen molar-refractivity contribution in [3.8, 4) is 0 Å². The second kappa shape index (κ2) is 12.5. The van der Waals surface area contributed by atoms with Crippen LogP contribution in [0.3, 0.4) is 0 Å². The van der Waals surface area contributed by atoms with Crippen molar-refractivity contribution in [2.75, 3.05) is 13.2 Å². The van der Waals surface area contributed by atoms with E-state index in [0.717, 1.165) is 25.9 Å². The Morgan fingerprint density at radius 3 is 2.44 bits per heavy atom. The molecule has 0 saturated heterocycles. The van der Waals surface area contributed by atoms with Crippen LogP contribution in [0.1, 0.15) is 58.8 Å². The lowest BCUT2D eigenvalue weighted by Gasteiger charge is -2.14. The molecular formula is C13H26O3. The first kappa shape index (κ1) is 15.4. The first-order valence-corrected chi connectivity index (χ1v) is 6.52. The van der Waals surface area contributed by atoms with Crippen LogP contribution in [-0.4, -0.2) is 25.8 Å². The average molecular weight is 230 g/mol. The minimum absolute atomic E-state index is 0.0469. The molecule has 16 heavy (non-hydrogen) atoms. The van der Waals surface area contributed by atoms with Gasteiger partial charge < -0.3 is 9.47 Å². The lowest BCUT2D eigenvalue weighted by atomic mass is 10.1. The highest BCUT2D eigenvalue weighted by atomic mass is 16.5. The number of rotatable bonds is 12. The molecule has 0 radical (unpaired) electrons. The maximum absolute atomic E-state index is 10.3. The third-order valence-electron chi connectivity index (χ3n) is 2.67. The molecule has 0 amide bonds. The van der Waals surface area contributed by atoms with E-state index in [2.05, 4.69) is 6.92 Å². The summed E-state index contributed by atoms with van der Waals surface area (Å²) >= 11 is 0. The van der Waals surface area contributed by atoms with E-state index in [1.54, 1.807) is 0 Å². The van der Waals surface area contributed by atoms with Crippen LogP contribution < -0.4 is 0 Å². The fourth-order valence-corrected chi connectivity index (χ4v) is 1.69. The zero-order valence-corrected chi connectivity index (χ0v) is 10.7. The van der Waals surface area contributed by atoms with E-state index in [0.29, 0.717) is 13.1 Å². The van der Waals surface area contributed by atoms with Crippen molar-refractivity contribution in [3.63, 3.8) is 0 Å². The smallest absolute Gasteiger partial charge is 0.293 e. The summed E-state index contributed by atoms with van der Waals surface area (Å²) in [6, 6.07) is 0. The topological polar surface area (TPSA) is 35.5 Å². The molecule has 3 nitrogen and oxygen atoms in total. The number of carbonyl (C=O) groups excluding carboxylic acids is 1. The Morgan fingerprint density at radius 2 is 1.81 bits per heavy atom. The summed E-state index contributed by atoms with van der Waals surface area (Å²) in [4.78, 5) is 10.3. The first-order valence-electron chi connectivity index (χ1n) is 6.52. The van der Waals surface area contributed by atoms with Crippen molar-refractivity contribution < 1.29 is 14.3 Å². The van der Waals surface area contributed by atoms with Gasteiger partial charge in [0.25, 0.3) is 6.47 Å². The van der Waals surface area contributed by atoms with E-state index in [4.69, 9.17) is 9.47 Å². The van der Waals surface area contributed by atoms with Gasteiger partial charge in [0.05, 0.1) is 6.61 Å². The molecule has 0 aliphatic heterocycles. The molecule has 0 aromatic heterocycles. The Bertz CT molecular complexity index is 148. The summed E-state index contributed by atoms with van der Waals surface area (Å²) < 4.78 is 10.3. The van der Waals surface area contributed by atoms with Gasteiger partial charge in [0, 0.05) is 13.0 Å². The van der Waals surface area contributed by atoms with E-state index in [1.165, 1.54) is 25.7 Å². The summed E-state index contributed by atoms with van der Waals surface area (Å²) in [5.41, 5.74) is 0. The second-order valence-corrected chi connectivity index (χ2v) is 4.04. The Balaban J connectivity index is 3.47. The molecule has 0 saturated carbocycles. The van der Waals surface area contributed by atoms with E-state index in [9.17, 15) is 4.79 Å². The van der Waals surface area contributed by atoms with Crippen LogP contribution in [0.4, 0.5) is 0 Å². The SMILES string of the molecule is CCCCCCCC(CCOCC)OC=O. The molecular weight excluding hydrogens is 204 g/mol. The molecule has 0 aromatic carbocycles. The molecule has 0 aliphatic rings. The summed E-state index contributed by atoms with van der Waals surface area (Å²) in [5, 5.41) is 0. The molecule has 3 heteroatoms. The molecule has 0 rings (SSSR count). The highest BCUT2D eigenvalue weighted by molar-refractivity contribution is 5.37. The number of hydrogen-bond acceptors (Lipinski definition) is 3. The molecule has 0 fully saturated rings. The van der Waals surface area contributed by atoms with Crippen LogP contribution in [0.25, 0.3) is 0 Å². The Kier molecular flexibility index (Phi) is 12.1. The van der Waals surface area contributed by atoms with Gasteiger partial charge in [-0.25, -0.2) is 0 Å². The summed E-state index contributed by atoms with van der Waals surface area (Å²) in [6.45, 7) is 6.15. The monoisotopic (exact) mass is 230 g/mol. The minimum atomic E-state index is 0.0469. The Morgan fingerprint density at radius 1 is 1.06 bits per heavy atom. The largest absolute Gasteiger partial charge is 0.464 e. The molecule has 96 valence electrons. The van der Waals surface area contributed by atoms with Gasteiger partial charge in [-0.3, -0.25) is 4.79 Å². The molecule has 0 spiro atoms. The average Bonchev–Trinajstić information content (AvgIpc) is 2.29. The van der Waals surface area contributed by atoms with Crippen molar-refractivity contribution >= 4 is 6.47 Å². The van der Waals surface area contributed by atoms with Crippen molar-refractivity contribution in [3.05, 3.63) is 0 Å². The number of ether oxygens (including phenoxy) is 2. The van der Waals surface area contributed by atoms with E-state index < -0.39 is 0 Å². The third kappa shape index (κ3) is 9.97. The normalized spacial score (nSPS) is 12.4. The van der Waals surface area contributed by atoms with Crippen LogP contribution in [0.15, 0.2) is 0 Å². The van der Waals surface area contributed by atoms with E-state index in [-0.39, 0.29) is 6.10 Å². The zero-order chi connectivity index (χ0) is 12.1. The highest BCUT2D eigenvalue weighted by Gasteiger charge is 2.08. The van der Waals surface area contributed by atoms with Crippen LogP contribution in [0, 0.1) is 0 Å². The van der Waals surface area contributed by atoms with Gasteiger partial charge in [-0.15, -0.1) is 0 Å². The number of unbranched alkanes of at least 4 members (excludes halogenated alkanes) is 4. The predicted octanol–water partition coefficient (Wildman–Crippen LogP) is 3.32. The fraction of sp³-hybridized carbons (Fsp3) is 0.923. The molecule has 0 N–H and O–H groups in total. The zero-order valence-electron chi connectivity index (χ0n) is 10.7. The maximum atomic E-state index is 10.3. The maximum Gasteiger partial charge on any atom is 0.293 e. The van der Waals surface area contributed by atoms with E-state index in [1.807, 2.05) is 6.92 Å². The lowest BCUT2D eigenvalue weighted by molar-refractivity contribution is -0.134. The van der Waals surface area contributed by atoms with Gasteiger partial charge in [-0.2, -0.15) is 0 Å². The Hall–Kier alpha value is -0.570. The fourth-order valence-electron chi connectivity index (χ4n) is 1.69. The van der Waals surface area contributed by atoms with Crippen molar-refractivity contribution in [2.45, 2.75) is 64.9 Å². The van der Waals surface area contributed by atoms with Crippen molar-refractivity contribution in [1.82, 2.24) is 0 Å². The molecule has 0 heterocycles. The van der Waals surface area contributed by atoms with Gasteiger partial charge >= 0.3 is 0 Å². The highest BCUT2D eigenvalue weighted by Crippen LogP contribution is 2.11. The predicted molar refractivity (Wildman–Crippen MR) is 65.4 cm³/mol. The lowest BCUT2D eigenvalue weighted by Crippen LogP contribution is -2.15. The van der Waals surface area contributed by atoms with Gasteiger partial charge in [0.1, 0.15) is 6.10 Å². The molecule has 0 bridgehead atoms. The van der Waals surface area contributed by atoms with Crippen LogP contribution >= 0.6 is 0 Å². The molecule has 0 aliphatic carbocycles. The van der Waals surface area contributed by atoms with Crippen LogP contribution in [0.2, 0.25) is 0 Å². The Labute approximate surface area is 99.5 Å². The summed E-state index contributed by atoms with van der Waals surface area (Å²) in [5.74, 6) is 0. The third-order valence-corrected chi connectivity index (χ3v) is 2.67. The van der Waals surface area contributed by atoms with Crippen molar-refractivity contribution in [1.29, 1.82) is 0 Å². The first-order chi connectivity index (χ1) is 7.85. The van der Waals surface area contributed by atoms with Crippen LogP contribution in [0.5, 0.6) is 0 Å². The van der Waals surface area contributed by atoms with E-state index >= 15 is 0 Å².